The highest BCUT2D eigenvalue weighted by atomic mass is 14.9. The first-order valence-corrected chi connectivity index (χ1v) is 41.3. The first kappa shape index (κ1) is 99.8. The van der Waals surface area contributed by atoms with Gasteiger partial charge in [-0.3, -0.25) is 9.97 Å². The molecule has 0 atom stereocenters. The molecule has 0 spiro atoms. The van der Waals surface area contributed by atoms with Crippen LogP contribution in [-0.4, -0.2) is 19.1 Å². The van der Waals surface area contributed by atoms with E-state index in [1.807, 2.05) is 171 Å². The lowest BCUT2D eigenvalue weighted by Crippen LogP contribution is -1.86. The van der Waals surface area contributed by atoms with Gasteiger partial charge in [-0.1, -0.05) is 361 Å². The third-order valence-electron chi connectivity index (χ3n) is 17.1. The van der Waals surface area contributed by atoms with Gasteiger partial charge in [0.25, 0.3) is 0 Å². The number of rotatable bonds is 0. The SMILES string of the molecule is CC.CC.CC.CC.CC.CC.CC.CC.CC.CC.Cc1cc(C)c2ccccc2c1.Cc1cc(C)c2ccccc2n1.Cc1cc2ccccc2c(C)n1.Cc1ccc2c(c1)c1ccccc1n2C.Cc1ccc2c3ccccc3n(C)c2c1.Cc1ccc2cc(C)c3ccccc3c2c1.Cc1ccccc1C. The molecular weight excluding hydrogens is 1330 g/mol. The minimum absolute atomic E-state index is 1.09. The molecule has 0 N–H and O–H groups in total. The monoisotopic (exact) mass is 1470 g/mol. The summed E-state index contributed by atoms with van der Waals surface area (Å²) in [6.45, 7) is 65.4. The molecule has 110 heavy (non-hydrogen) atoms. The summed E-state index contributed by atoms with van der Waals surface area (Å²) in [6, 6.07) is 90.0. The Hall–Kier alpha value is -10.2. The van der Waals surface area contributed by atoms with Gasteiger partial charge in [0.1, 0.15) is 0 Å². The lowest BCUT2D eigenvalue weighted by atomic mass is 9.97. The van der Waals surface area contributed by atoms with Gasteiger partial charge in [0.05, 0.1) is 5.52 Å². The number of aromatic nitrogens is 4. The van der Waals surface area contributed by atoms with Crippen LogP contribution in [0, 0.1) is 83.1 Å². The Morgan fingerprint density at radius 1 is 0.191 bits per heavy atom. The lowest BCUT2D eigenvalue weighted by molar-refractivity contribution is 1.01. The molecule has 0 fully saturated rings. The van der Waals surface area contributed by atoms with Crippen molar-refractivity contribution in [1.29, 1.82) is 0 Å². The highest BCUT2D eigenvalue weighted by Crippen LogP contribution is 2.32. The summed E-state index contributed by atoms with van der Waals surface area (Å²) in [6.07, 6.45) is 0. The van der Waals surface area contributed by atoms with Crippen LogP contribution in [0.5, 0.6) is 0 Å². The molecule has 0 unspecified atom stereocenters. The fraction of sp³-hybridized carbons (Fsp3) is 0.321. The summed E-state index contributed by atoms with van der Waals surface area (Å²) < 4.78 is 4.52. The Balaban J connectivity index is 0.00000122. The van der Waals surface area contributed by atoms with Crippen molar-refractivity contribution in [3.8, 4) is 0 Å². The summed E-state index contributed by atoms with van der Waals surface area (Å²) in [4.78, 5) is 8.84. The summed E-state index contributed by atoms with van der Waals surface area (Å²) in [7, 11) is 4.25. The molecule has 0 aliphatic rings. The molecule has 0 radical (unpaired) electrons. The number of benzene rings is 12. The molecule has 4 heteroatoms. The van der Waals surface area contributed by atoms with Crippen LogP contribution in [-0.2, 0) is 14.1 Å². The van der Waals surface area contributed by atoms with Gasteiger partial charge in [0.2, 0.25) is 0 Å². The van der Waals surface area contributed by atoms with Crippen LogP contribution in [0.15, 0.2) is 255 Å². The molecule has 0 saturated heterocycles. The van der Waals surface area contributed by atoms with E-state index in [-0.39, 0.29) is 0 Å². The van der Waals surface area contributed by atoms with Crippen molar-refractivity contribution in [1.82, 2.24) is 19.1 Å². The highest BCUT2D eigenvalue weighted by molar-refractivity contribution is 6.10. The van der Waals surface area contributed by atoms with Gasteiger partial charge in [0, 0.05) is 85.6 Å². The normalized spacial score (nSPS) is 9.36. The third-order valence-corrected chi connectivity index (χ3v) is 17.1. The number of aryl methyl sites for hydroxylation is 14. The number of pyridine rings is 2. The first-order chi connectivity index (χ1) is 53.4. The zero-order valence-corrected chi connectivity index (χ0v) is 75.0. The summed E-state index contributed by atoms with van der Waals surface area (Å²) in [5.41, 5.74) is 21.7. The molecule has 4 aromatic heterocycles. The van der Waals surface area contributed by atoms with E-state index in [0.29, 0.717) is 0 Å². The van der Waals surface area contributed by atoms with Gasteiger partial charge >= 0.3 is 0 Å². The van der Waals surface area contributed by atoms with Crippen LogP contribution >= 0.6 is 0 Å². The van der Waals surface area contributed by atoms with Crippen LogP contribution < -0.4 is 0 Å². The number of hydrogen-bond acceptors (Lipinski definition) is 2. The van der Waals surface area contributed by atoms with Crippen LogP contribution in [0.1, 0.15) is 206 Å². The second-order valence-electron chi connectivity index (χ2n) is 24.2. The van der Waals surface area contributed by atoms with Crippen molar-refractivity contribution in [2.24, 2.45) is 14.1 Å². The molecule has 0 amide bonds. The Labute approximate surface area is 670 Å². The van der Waals surface area contributed by atoms with Crippen molar-refractivity contribution < 1.29 is 0 Å². The highest BCUT2D eigenvalue weighted by Gasteiger charge is 2.09. The molecule has 0 saturated carbocycles. The molecule has 0 bridgehead atoms. The van der Waals surface area contributed by atoms with Gasteiger partial charge in [0.15, 0.2) is 0 Å². The fourth-order valence-electron chi connectivity index (χ4n) is 12.4. The Kier molecular flexibility index (Phi) is 50.9. The van der Waals surface area contributed by atoms with Crippen LogP contribution in [0.4, 0.5) is 0 Å². The number of para-hydroxylation sites is 3. The summed E-state index contributed by atoms with van der Waals surface area (Å²) in [5, 5.41) is 17.3. The molecule has 16 aromatic rings. The fourth-order valence-corrected chi connectivity index (χ4v) is 12.4. The maximum Gasteiger partial charge on any atom is 0.0707 e. The van der Waals surface area contributed by atoms with E-state index in [2.05, 4.69) is 339 Å². The maximum atomic E-state index is 4.44. The molecule has 16 rings (SSSR count). The number of hydrogen-bond donors (Lipinski definition) is 0. The Morgan fingerprint density at radius 2 is 0.536 bits per heavy atom. The minimum atomic E-state index is 1.09. The van der Waals surface area contributed by atoms with E-state index in [9.17, 15) is 0 Å². The molecule has 0 aliphatic heterocycles. The molecule has 588 valence electrons. The molecular formula is C106H144N4. The second-order valence-corrected chi connectivity index (χ2v) is 24.2. The topological polar surface area (TPSA) is 35.6 Å². The quantitative estimate of drug-likeness (QED) is 0.142. The van der Waals surface area contributed by atoms with Gasteiger partial charge in [-0.05, 0) is 203 Å². The van der Waals surface area contributed by atoms with Crippen molar-refractivity contribution in [2.75, 3.05) is 0 Å². The Bertz CT molecular complexity index is 4970. The molecule has 12 aromatic carbocycles. The van der Waals surface area contributed by atoms with E-state index in [4.69, 9.17) is 0 Å². The smallest absolute Gasteiger partial charge is 0.0707 e. The number of nitrogens with zero attached hydrogens (tertiary/aromatic N) is 4. The summed E-state index contributed by atoms with van der Waals surface area (Å²) in [5.74, 6) is 0. The largest absolute Gasteiger partial charge is 0.344 e. The summed E-state index contributed by atoms with van der Waals surface area (Å²) >= 11 is 0. The van der Waals surface area contributed by atoms with Crippen molar-refractivity contribution in [3.05, 3.63) is 322 Å². The van der Waals surface area contributed by atoms with Crippen molar-refractivity contribution >= 4 is 97.6 Å². The van der Waals surface area contributed by atoms with Crippen LogP contribution in [0.3, 0.4) is 0 Å². The van der Waals surface area contributed by atoms with Crippen molar-refractivity contribution in [3.63, 3.8) is 0 Å². The maximum absolute atomic E-state index is 4.44. The first-order valence-electron chi connectivity index (χ1n) is 41.3. The minimum Gasteiger partial charge on any atom is -0.344 e. The van der Waals surface area contributed by atoms with Gasteiger partial charge < -0.3 is 9.13 Å². The van der Waals surface area contributed by atoms with Gasteiger partial charge in [-0.25, -0.2) is 0 Å². The third kappa shape index (κ3) is 29.0. The zero-order chi connectivity index (χ0) is 83.6. The predicted molar refractivity (Wildman–Crippen MR) is 507 cm³/mol. The number of fused-ring (bicyclic) bond motifs is 12. The van der Waals surface area contributed by atoms with E-state index >= 15 is 0 Å². The van der Waals surface area contributed by atoms with E-state index in [1.54, 1.807) is 0 Å². The van der Waals surface area contributed by atoms with Crippen LogP contribution in [0.25, 0.3) is 97.6 Å². The second kappa shape index (κ2) is 56.1. The Morgan fingerprint density at radius 3 is 1.07 bits per heavy atom. The van der Waals surface area contributed by atoms with Gasteiger partial charge in [-0.2, -0.15) is 0 Å². The van der Waals surface area contributed by atoms with E-state index in [1.165, 1.54) is 142 Å². The van der Waals surface area contributed by atoms with Gasteiger partial charge in [-0.15, -0.1) is 0 Å². The van der Waals surface area contributed by atoms with E-state index in [0.717, 1.165) is 22.6 Å². The average Bonchev–Trinajstić information content (AvgIpc) is 1.59. The average molecular weight is 1470 g/mol. The lowest BCUT2D eigenvalue weighted by Gasteiger charge is -2.07. The molecule has 4 nitrogen and oxygen atoms in total. The predicted octanol–water partition coefficient (Wildman–Crippen LogP) is 33.6. The van der Waals surface area contributed by atoms with Crippen molar-refractivity contribution in [2.45, 2.75) is 222 Å². The van der Waals surface area contributed by atoms with E-state index < -0.39 is 0 Å². The van der Waals surface area contributed by atoms with Crippen LogP contribution in [0.2, 0.25) is 0 Å². The molecule has 0 aliphatic carbocycles. The molecule has 4 heterocycles. The standard InChI is InChI=1S/C16H14.2C14H13N.C12H12.2C11H11N.C8H10.10C2H6/c1-11-7-8-13-10-12(2)14-5-3-4-6-15(14)16(13)9-11;1-10-7-8-14-12(9-10)11-5-3-4-6-13(11)15(14)2;1-10-7-8-12-11-5-3-4-6-13(11)15(2)14(12)9-10;1-9-7-10(2)12-6-4-3-5-11(12)8-9;1-8-7-10-5-3-4-6-11(10)9(2)12-8;1-8-7-9(2)12-11-6-4-3-5-10(8)11;1-7-5-3-4-6-8(7)2;10*1-2/h3-10H,1-2H3;2*3-9H,1-2H3;3-8H,1-2H3;2*3-7H,1-2H3;3-6H,1-2H3;10*1-2H3. The zero-order valence-electron chi connectivity index (χ0n) is 75.0.